The summed E-state index contributed by atoms with van der Waals surface area (Å²) in [6.45, 7) is 5.38. The molecule has 0 aromatic heterocycles. The van der Waals surface area contributed by atoms with Gasteiger partial charge in [-0.15, -0.1) is 5.25 Å². The fourth-order valence-electron chi connectivity index (χ4n) is 2.29. The number of aryl methyl sites for hydroxylation is 2. The average molecular weight is 390 g/mol. The molecule has 0 amide bonds. The van der Waals surface area contributed by atoms with Gasteiger partial charge in [-0.1, -0.05) is 11.6 Å². The molecule has 0 saturated carbocycles. The third-order valence-electron chi connectivity index (χ3n) is 3.45. The summed E-state index contributed by atoms with van der Waals surface area (Å²) in [5, 5.41) is 10.0. The Balaban J connectivity index is 2.42. The molecular formula is C16H18ClFNO5P. The first-order valence-electron chi connectivity index (χ1n) is 7.35. The Kier molecular flexibility index (Phi) is 6.08. The van der Waals surface area contributed by atoms with Gasteiger partial charge < -0.3 is 19.6 Å². The number of ether oxygens (including phenoxy) is 2. The van der Waals surface area contributed by atoms with E-state index in [1.54, 1.807) is 20.8 Å². The van der Waals surface area contributed by atoms with E-state index < -0.39 is 13.3 Å². The van der Waals surface area contributed by atoms with Crippen LogP contribution in [0.3, 0.4) is 0 Å². The van der Waals surface area contributed by atoms with E-state index in [0.717, 1.165) is 0 Å². The third kappa shape index (κ3) is 4.14. The number of hydrogen-bond donors (Lipinski definition) is 3. The van der Waals surface area contributed by atoms with Crippen LogP contribution < -0.4 is 20.0 Å². The quantitative estimate of drug-likeness (QED) is 0.509. The van der Waals surface area contributed by atoms with Crippen molar-refractivity contribution in [1.29, 1.82) is 0 Å². The molecule has 0 fully saturated rings. The lowest BCUT2D eigenvalue weighted by molar-refractivity contribution is 0.226. The smallest absolute Gasteiger partial charge is 0.319 e. The van der Waals surface area contributed by atoms with Crippen molar-refractivity contribution in [2.75, 3.05) is 6.61 Å². The Morgan fingerprint density at radius 1 is 1.24 bits per heavy atom. The summed E-state index contributed by atoms with van der Waals surface area (Å²) in [5.41, 5.74) is 0.980. The normalized spacial score (nSPS) is 13.4. The van der Waals surface area contributed by atoms with Gasteiger partial charge in [0, 0.05) is 0 Å². The van der Waals surface area contributed by atoms with E-state index in [9.17, 15) is 13.8 Å². The largest absolute Gasteiger partial charge is 0.492 e. The van der Waals surface area contributed by atoms with Gasteiger partial charge in [0.1, 0.15) is 16.5 Å². The van der Waals surface area contributed by atoms with Crippen molar-refractivity contribution in [1.82, 2.24) is 5.25 Å². The van der Waals surface area contributed by atoms with Crippen LogP contribution in [0.2, 0.25) is 5.02 Å². The molecule has 0 bridgehead atoms. The molecule has 0 aliphatic heterocycles. The molecule has 9 heteroatoms. The highest BCUT2D eigenvalue weighted by molar-refractivity contribution is 7.63. The Bertz CT molecular complexity index is 823. The van der Waals surface area contributed by atoms with E-state index in [2.05, 4.69) is 0 Å². The summed E-state index contributed by atoms with van der Waals surface area (Å²) in [4.78, 5) is 9.65. The molecule has 0 saturated heterocycles. The van der Waals surface area contributed by atoms with Crippen LogP contribution in [0, 0.1) is 19.7 Å². The monoisotopic (exact) mass is 389 g/mol. The van der Waals surface area contributed by atoms with Crippen LogP contribution in [0.1, 0.15) is 18.1 Å². The minimum absolute atomic E-state index is 0.00236. The molecule has 0 aliphatic carbocycles. The van der Waals surface area contributed by atoms with Crippen LogP contribution in [-0.2, 0) is 4.57 Å². The van der Waals surface area contributed by atoms with Gasteiger partial charge >= 0.3 is 7.52 Å². The summed E-state index contributed by atoms with van der Waals surface area (Å²) >= 11 is 5.94. The number of halogens is 2. The standard InChI is InChI=1S/C16H18ClFNO5P/c1-4-23-12-5-6-13(15(18)14(12)17)24-16-9(2)7-11(8-10(16)3)25(21,22)19-20/h5-8,20H,4H2,1-3H3,(H2,19,21,22). The molecule has 2 aromatic rings. The first-order valence-corrected chi connectivity index (χ1v) is 9.39. The maximum Gasteiger partial charge on any atom is 0.319 e. The predicted molar refractivity (Wildman–Crippen MR) is 93.0 cm³/mol. The van der Waals surface area contributed by atoms with Crippen LogP contribution >= 0.6 is 19.1 Å². The van der Waals surface area contributed by atoms with Gasteiger partial charge in [-0.3, -0.25) is 4.57 Å². The number of rotatable bonds is 6. The molecule has 6 nitrogen and oxygen atoms in total. The van der Waals surface area contributed by atoms with E-state index >= 15 is 0 Å². The minimum atomic E-state index is -4.08. The molecule has 0 heterocycles. The number of hydrogen-bond acceptors (Lipinski definition) is 4. The SMILES string of the molecule is CCOc1ccc(Oc2c(C)cc(P(=O)(O)NO)cc2C)c(F)c1Cl. The van der Waals surface area contributed by atoms with E-state index in [1.807, 2.05) is 0 Å². The zero-order valence-electron chi connectivity index (χ0n) is 13.8. The van der Waals surface area contributed by atoms with Crippen LogP contribution in [0.15, 0.2) is 24.3 Å². The lowest BCUT2D eigenvalue weighted by Crippen LogP contribution is -2.16. The first kappa shape index (κ1) is 19.7. The molecule has 1 atom stereocenters. The first-order chi connectivity index (χ1) is 11.7. The zero-order chi connectivity index (χ0) is 18.8. The maximum atomic E-state index is 14.4. The van der Waals surface area contributed by atoms with Crippen molar-refractivity contribution in [3.8, 4) is 17.2 Å². The van der Waals surface area contributed by atoms with Gasteiger partial charge in [0.2, 0.25) is 0 Å². The maximum absolute atomic E-state index is 14.4. The highest BCUT2D eigenvalue weighted by atomic mass is 35.5. The van der Waals surface area contributed by atoms with E-state index in [-0.39, 0.29) is 21.8 Å². The molecule has 2 aromatic carbocycles. The zero-order valence-corrected chi connectivity index (χ0v) is 15.5. The predicted octanol–water partition coefficient (Wildman–Crippen LogP) is 4.08. The topological polar surface area (TPSA) is 88.0 Å². The van der Waals surface area contributed by atoms with Crippen molar-refractivity contribution in [2.45, 2.75) is 20.8 Å². The van der Waals surface area contributed by atoms with Crippen molar-refractivity contribution in [3.05, 3.63) is 46.2 Å². The van der Waals surface area contributed by atoms with Crippen molar-refractivity contribution in [3.63, 3.8) is 0 Å². The molecule has 0 aliphatic rings. The molecule has 136 valence electrons. The summed E-state index contributed by atoms with van der Waals surface area (Å²) in [6, 6.07) is 5.65. The molecule has 3 N–H and O–H groups in total. The fourth-order valence-corrected chi connectivity index (χ4v) is 3.35. The summed E-state index contributed by atoms with van der Waals surface area (Å²) in [5.74, 6) is -0.325. The molecule has 25 heavy (non-hydrogen) atoms. The minimum Gasteiger partial charge on any atom is -0.492 e. The second-order valence-electron chi connectivity index (χ2n) is 5.31. The number of benzene rings is 2. The van der Waals surface area contributed by atoms with Crippen LogP contribution in [0.25, 0.3) is 0 Å². The molecule has 2 rings (SSSR count). The Morgan fingerprint density at radius 3 is 2.32 bits per heavy atom. The third-order valence-corrected chi connectivity index (χ3v) is 5.04. The Morgan fingerprint density at radius 2 is 1.80 bits per heavy atom. The van der Waals surface area contributed by atoms with Crippen LogP contribution in [-0.4, -0.2) is 16.7 Å². The van der Waals surface area contributed by atoms with E-state index in [1.165, 1.54) is 29.5 Å². The summed E-state index contributed by atoms with van der Waals surface area (Å²) < 4.78 is 37.0. The van der Waals surface area contributed by atoms with Gasteiger partial charge in [-0.05, 0) is 56.2 Å². The molecule has 0 radical (unpaired) electrons. The average Bonchev–Trinajstić information content (AvgIpc) is 2.57. The van der Waals surface area contributed by atoms with Crippen molar-refractivity contribution >= 4 is 24.4 Å². The van der Waals surface area contributed by atoms with E-state index in [0.29, 0.717) is 23.5 Å². The van der Waals surface area contributed by atoms with Crippen LogP contribution in [0.5, 0.6) is 17.2 Å². The lowest BCUT2D eigenvalue weighted by atomic mass is 10.1. The Hall–Kier alpha value is -1.63. The van der Waals surface area contributed by atoms with Gasteiger partial charge in [0.15, 0.2) is 11.6 Å². The lowest BCUT2D eigenvalue weighted by Gasteiger charge is -2.17. The summed E-state index contributed by atoms with van der Waals surface area (Å²) in [7, 11) is -4.08. The van der Waals surface area contributed by atoms with Gasteiger partial charge in [-0.25, -0.2) is 4.39 Å². The van der Waals surface area contributed by atoms with Crippen molar-refractivity contribution < 1.29 is 28.5 Å². The van der Waals surface area contributed by atoms with Crippen LogP contribution in [0.4, 0.5) is 4.39 Å². The second-order valence-corrected chi connectivity index (χ2v) is 7.56. The summed E-state index contributed by atoms with van der Waals surface area (Å²) in [6.07, 6.45) is 0. The van der Waals surface area contributed by atoms with Crippen molar-refractivity contribution in [2.24, 2.45) is 0 Å². The Labute approximate surface area is 149 Å². The fraction of sp³-hybridized carbons (Fsp3) is 0.250. The number of nitrogens with one attached hydrogen (secondary N) is 1. The van der Waals surface area contributed by atoms with Gasteiger partial charge in [0.25, 0.3) is 0 Å². The second kappa shape index (κ2) is 7.72. The highest BCUT2D eigenvalue weighted by Gasteiger charge is 2.23. The molecule has 0 spiro atoms. The van der Waals surface area contributed by atoms with Gasteiger partial charge in [-0.2, -0.15) is 0 Å². The highest BCUT2D eigenvalue weighted by Crippen LogP contribution is 2.39. The van der Waals surface area contributed by atoms with Gasteiger partial charge in [0.05, 0.1) is 11.9 Å². The molecule has 1 unspecified atom stereocenters. The molecular weight excluding hydrogens is 372 g/mol. The van der Waals surface area contributed by atoms with E-state index in [4.69, 9.17) is 26.3 Å².